The summed E-state index contributed by atoms with van der Waals surface area (Å²) >= 11 is 0. The molecule has 156 valence electrons. The van der Waals surface area contributed by atoms with Gasteiger partial charge in [-0.25, -0.2) is 4.79 Å². The number of urea groups is 1. The molecule has 2 atom stereocenters. The number of amides is 4. The van der Waals surface area contributed by atoms with Gasteiger partial charge in [-0.3, -0.25) is 14.5 Å². The summed E-state index contributed by atoms with van der Waals surface area (Å²) in [6.45, 7) is 1.67. The number of benzene rings is 2. The van der Waals surface area contributed by atoms with Gasteiger partial charge in [-0.1, -0.05) is 44.0 Å². The van der Waals surface area contributed by atoms with E-state index in [4.69, 9.17) is 4.74 Å². The van der Waals surface area contributed by atoms with E-state index in [1.165, 1.54) is 0 Å². The molecule has 2 fully saturated rings. The second kappa shape index (κ2) is 8.18. The van der Waals surface area contributed by atoms with Crippen LogP contribution >= 0.6 is 0 Å². The number of ether oxygens (including phenoxy) is 1. The van der Waals surface area contributed by atoms with Crippen LogP contribution in [-0.4, -0.2) is 34.8 Å². The molecule has 4 rings (SSSR count). The molecule has 2 aliphatic rings. The van der Waals surface area contributed by atoms with Crippen molar-refractivity contribution in [1.82, 2.24) is 10.2 Å². The predicted octanol–water partition coefficient (Wildman–Crippen LogP) is 3.92. The molecule has 2 unspecified atom stereocenters. The molecular weight excluding hydrogens is 382 g/mol. The Kier molecular flexibility index (Phi) is 5.44. The molecular formula is C23H25N3O4. The molecule has 0 bridgehead atoms. The number of anilines is 1. The van der Waals surface area contributed by atoms with Crippen molar-refractivity contribution in [3.63, 3.8) is 0 Å². The van der Waals surface area contributed by atoms with E-state index in [0.717, 1.165) is 24.2 Å². The summed E-state index contributed by atoms with van der Waals surface area (Å²) in [5.74, 6) is 0.589. The maximum atomic E-state index is 13.0. The van der Waals surface area contributed by atoms with Crippen molar-refractivity contribution in [3.8, 4) is 11.5 Å². The van der Waals surface area contributed by atoms with Gasteiger partial charge in [-0.05, 0) is 43.0 Å². The highest BCUT2D eigenvalue weighted by atomic mass is 16.5. The van der Waals surface area contributed by atoms with Crippen molar-refractivity contribution >= 4 is 23.5 Å². The lowest BCUT2D eigenvalue weighted by Crippen LogP contribution is -2.54. The standard InChI is InChI=1S/C23H25N3O4/c1-16-8-5-6-13-23(16)21(28)26(22(29)25-23)15-20(27)24-17-9-7-12-19(14-17)30-18-10-3-2-4-11-18/h2-4,7,9-12,14,16H,5-6,8,13,15H2,1H3,(H,24,27)(H,25,29). The molecule has 4 amide bonds. The first kappa shape index (κ1) is 19.9. The summed E-state index contributed by atoms with van der Waals surface area (Å²) in [6, 6.07) is 15.8. The first-order valence-electron chi connectivity index (χ1n) is 10.2. The number of nitrogens with one attached hydrogen (secondary N) is 2. The van der Waals surface area contributed by atoms with Crippen LogP contribution in [0.15, 0.2) is 54.6 Å². The lowest BCUT2D eigenvalue weighted by Gasteiger charge is -2.36. The van der Waals surface area contributed by atoms with Crippen molar-refractivity contribution in [1.29, 1.82) is 0 Å². The molecule has 1 spiro atoms. The molecule has 2 aromatic carbocycles. The van der Waals surface area contributed by atoms with Gasteiger partial charge < -0.3 is 15.4 Å². The normalized spacial score (nSPS) is 23.4. The van der Waals surface area contributed by atoms with Gasteiger partial charge in [0.2, 0.25) is 5.91 Å². The lowest BCUT2D eigenvalue weighted by molar-refractivity contribution is -0.136. The molecule has 1 aliphatic heterocycles. The van der Waals surface area contributed by atoms with Crippen molar-refractivity contribution < 1.29 is 19.1 Å². The molecule has 30 heavy (non-hydrogen) atoms. The zero-order valence-electron chi connectivity index (χ0n) is 16.9. The van der Waals surface area contributed by atoms with E-state index >= 15 is 0 Å². The number of hydrogen-bond donors (Lipinski definition) is 2. The van der Waals surface area contributed by atoms with Gasteiger partial charge in [-0.2, -0.15) is 0 Å². The van der Waals surface area contributed by atoms with Crippen LogP contribution < -0.4 is 15.4 Å². The highest BCUT2D eigenvalue weighted by molar-refractivity contribution is 6.10. The predicted molar refractivity (Wildman–Crippen MR) is 112 cm³/mol. The van der Waals surface area contributed by atoms with E-state index in [1.54, 1.807) is 24.3 Å². The average Bonchev–Trinajstić information content (AvgIpc) is 2.96. The van der Waals surface area contributed by atoms with E-state index in [2.05, 4.69) is 10.6 Å². The lowest BCUT2D eigenvalue weighted by atomic mass is 9.73. The van der Waals surface area contributed by atoms with Crippen LogP contribution in [0.2, 0.25) is 0 Å². The summed E-state index contributed by atoms with van der Waals surface area (Å²) in [6.07, 6.45) is 3.45. The Hall–Kier alpha value is -3.35. The number of rotatable bonds is 5. The van der Waals surface area contributed by atoms with E-state index in [1.807, 2.05) is 37.3 Å². The van der Waals surface area contributed by atoms with Crippen LogP contribution in [0.3, 0.4) is 0 Å². The second-order valence-electron chi connectivity index (χ2n) is 7.93. The maximum absolute atomic E-state index is 13.0. The van der Waals surface area contributed by atoms with E-state index in [9.17, 15) is 14.4 Å². The van der Waals surface area contributed by atoms with E-state index < -0.39 is 17.5 Å². The Labute approximate surface area is 175 Å². The SMILES string of the molecule is CC1CCCCC12NC(=O)N(CC(=O)Nc1cccc(Oc3ccccc3)c1)C2=O. The Morgan fingerprint density at radius 3 is 2.67 bits per heavy atom. The van der Waals surface area contributed by atoms with Gasteiger partial charge >= 0.3 is 6.03 Å². The molecule has 7 nitrogen and oxygen atoms in total. The minimum atomic E-state index is -0.862. The topological polar surface area (TPSA) is 87.7 Å². The molecule has 2 N–H and O–H groups in total. The molecule has 1 aliphatic carbocycles. The molecule has 1 saturated carbocycles. The highest BCUT2D eigenvalue weighted by Crippen LogP contribution is 2.38. The first-order chi connectivity index (χ1) is 14.5. The van der Waals surface area contributed by atoms with Crippen LogP contribution in [0.5, 0.6) is 11.5 Å². The van der Waals surface area contributed by atoms with Crippen molar-refractivity contribution in [3.05, 3.63) is 54.6 Å². The molecule has 0 aromatic heterocycles. The fraction of sp³-hybridized carbons (Fsp3) is 0.348. The third-order valence-electron chi connectivity index (χ3n) is 5.90. The number of para-hydroxylation sites is 1. The summed E-state index contributed by atoms with van der Waals surface area (Å²) in [5.41, 5.74) is -0.333. The Balaban J connectivity index is 1.41. The van der Waals surface area contributed by atoms with Gasteiger partial charge in [-0.15, -0.1) is 0 Å². The van der Waals surface area contributed by atoms with Crippen LogP contribution in [0, 0.1) is 5.92 Å². The first-order valence-corrected chi connectivity index (χ1v) is 10.2. The van der Waals surface area contributed by atoms with Gasteiger partial charge in [0.15, 0.2) is 0 Å². The molecule has 7 heteroatoms. The van der Waals surface area contributed by atoms with Crippen molar-refractivity contribution in [2.45, 2.75) is 38.1 Å². The zero-order chi connectivity index (χ0) is 21.1. The minimum absolute atomic E-state index is 0.0579. The Morgan fingerprint density at radius 2 is 1.90 bits per heavy atom. The quantitative estimate of drug-likeness (QED) is 0.736. The minimum Gasteiger partial charge on any atom is -0.457 e. The van der Waals surface area contributed by atoms with Gasteiger partial charge in [0.25, 0.3) is 5.91 Å². The van der Waals surface area contributed by atoms with E-state index in [0.29, 0.717) is 23.6 Å². The van der Waals surface area contributed by atoms with Crippen LogP contribution in [-0.2, 0) is 9.59 Å². The van der Waals surface area contributed by atoms with Gasteiger partial charge in [0.1, 0.15) is 23.6 Å². The second-order valence-corrected chi connectivity index (χ2v) is 7.93. The molecule has 1 heterocycles. The molecule has 1 saturated heterocycles. The fourth-order valence-electron chi connectivity index (χ4n) is 4.25. The van der Waals surface area contributed by atoms with Gasteiger partial charge in [0, 0.05) is 11.8 Å². The number of hydrogen-bond acceptors (Lipinski definition) is 4. The maximum Gasteiger partial charge on any atom is 0.325 e. The van der Waals surface area contributed by atoms with Crippen LogP contribution in [0.4, 0.5) is 10.5 Å². The van der Waals surface area contributed by atoms with Crippen LogP contribution in [0.25, 0.3) is 0 Å². The average molecular weight is 407 g/mol. The third-order valence-corrected chi connectivity index (χ3v) is 5.90. The largest absolute Gasteiger partial charge is 0.457 e. The summed E-state index contributed by atoms with van der Waals surface area (Å²) < 4.78 is 5.78. The summed E-state index contributed by atoms with van der Waals surface area (Å²) in [5, 5.41) is 5.61. The van der Waals surface area contributed by atoms with E-state index in [-0.39, 0.29) is 18.4 Å². The molecule has 0 radical (unpaired) electrons. The van der Waals surface area contributed by atoms with Crippen molar-refractivity contribution in [2.24, 2.45) is 5.92 Å². The monoisotopic (exact) mass is 407 g/mol. The Bertz CT molecular complexity index is 962. The smallest absolute Gasteiger partial charge is 0.325 e. The van der Waals surface area contributed by atoms with Crippen LogP contribution in [0.1, 0.15) is 32.6 Å². The number of carbonyl (C=O) groups is 3. The zero-order valence-corrected chi connectivity index (χ0v) is 16.9. The number of nitrogens with zero attached hydrogens (tertiary/aromatic N) is 1. The van der Waals surface area contributed by atoms with Gasteiger partial charge in [0.05, 0.1) is 0 Å². The summed E-state index contributed by atoms with van der Waals surface area (Å²) in [7, 11) is 0. The molecule has 2 aromatic rings. The number of carbonyl (C=O) groups excluding carboxylic acids is 3. The van der Waals surface area contributed by atoms with Crippen molar-refractivity contribution in [2.75, 3.05) is 11.9 Å². The highest BCUT2D eigenvalue weighted by Gasteiger charge is 2.55. The fourth-order valence-corrected chi connectivity index (χ4v) is 4.25. The number of imide groups is 1. The third kappa shape index (κ3) is 3.87. The summed E-state index contributed by atoms with van der Waals surface area (Å²) in [4.78, 5) is 39.0. The Morgan fingerprint density at radius 1 is 1.13 bits per heavy atom.